The second-order valence-electron chi connectivity index (χ2n) is 4.62. The van der Waals surface area contributed by atoms with Crippen molar-refractivity contribution in [1.29, 1.82) is 0 Å². The summed E-state index contributed by atoms with van der Waals surface area (Å²) in [7, 11) is 1.75. The van der Waals surface area contributed by atoms with Crippen molar-refractivity contribution in [2.45, 2.75) is 26.6 Å². The number of hydrogen-bond donors (Lipinski definition) is 1. The van der Waals surface area contributed by atoms with Crippen LogP contribution in [0.2, 0.25) is 5.02 Å². The molecule has 0 fully saturated rings. The van der Waals surface area contributed by atoms with Crippen molar-refractivity contribution in [3.05, 3.63) is 46.0 Å². The molecule has 0 aliphatic rings. The fourth-order valence-electron chi connectivity index (χ4n) is 1.88. The number of aliphatic hydroxyl groups excluding tert-OH is 1. The van der Waals surface area contributed by atoms with Gasteiger partial charge < -0.3 is 9.84 Å². The van der Waals surface area contributed by atoms with Crippen LogP contribution in [-0.4, -0.2) is 14.9 Å². The van der Waals surface area contributed by atoms with Crippen LogP contribution in [0.25, 0.3) is 0 Å². The Hall–Kier alpha value is -1.59. The van der Waals surface area contributed by atoms with E-state index in [0.29, 0.717) is 22.0 Å². The third kappa shape index (κ3) is 2.94. The van der Waals surface area contributed by atoms with Gasteiger partial charge in [-0.15, -0.1) is 0 Å². The van der Waals surface area contributed by atoms with E-state index in [9.17, 15) is 9.50 Å². The summed E-state index contributed by atoms with van der Waals surface area (Å²) in [5.74, 6) is -0.400. The van der Waals surface area contributed by atoms with Crippen LogP contribution in [0, 0.1) is 12.7 Å². The van der Waals surface area contributed by atoms with Crippen LogP contribution in [0.5, 0.6) is 5.75 Å². The lowest BCUT2D eigenvalue weighted by atomic mass is 10.1. The van der Waals surface area contributed by atoms with E-state index in [1.807, 2.05) is 0 Å². The summed E-state index contributed by atoms with van der Waals surface area (Å²) in [6.07, 6.45) is -0.715. The van der Waals surface area contributed by atoms with Crippen LogP contribution in [0.15, 0.2) is 18.2 Å². The normalized spacial score (nSPS) is 12.5. The third-order valence-corrected chi connectivity index (χ3v) is 3.56. The van der Waals surface area contributed by atoms with E-state index in [0.717, 1.165) is 0 Å². The Labute approximate surface area is 121 Å². The van der Waals surface area contributed by atoms with Crippen molar-refractivity contribution in [3.8, 4) is 5.75 Å². The van der Waals surface area contributed by atoms with Crippen molar-refractivity contribution in [2.24, 2.45) is 7.05 Å². The number of aromatic nitrogens is 2. The molecule has 1 N–H and O–H groups in total. The average molecular weight is 299 g/mol. The predicted molar refractivity (Wildman–Crippen MR) is 74.3 cm³/mol. The molecule has 6 heteroatoms. The minimum atomic E-state index is -0.715. The zero-order valence-corrected chi connectivity index (χ0v) is 12.3. The van der Waals surface area contributed by atoms with Gasteiger partial charge in [-0.1, -0.05) is 17.7 Å². The molecule has 1 atom stereocenters. The Morgan fingerprint density at radius 1 is 1.50 bits per heavy atom. The molecule has 2 aromatic rings. The van der Waals surface area contributed by atoms with Crippen LogP contribution in [-0.2, 0) is 13.7 Å². The van der Waals surface area contributed by atoms with Crippen molar-refractivity contribution < 1.29 is 14.2 Å². The van der Waals surface area contributed by atoms with Crippen molar-refractivity contribution >= 4 is 11.6 Å². The van der Waals surface area contributed by atoms with E-state index in [4.69, 9.17) is 16.3 Å². The van der Waals surface area contributed by atoms with Gasteiger partial charge in [-0.25, -0.2) is 4.39 Å². The molecule has 4 nitrogen and oxygen atoms in total. The topological polar surface area (TPSA) is 47.3 Å². The maximum atomic E-state index is 13.8. The number of rotatable bonds is 4. The molecule has 0 aliphatic carbocycles. The minimum absolute atomic E-state index is 0.115. The SMILES string of the molecule is Cc1nn(C)c(COc2ccc([C@@H](C)O)cc2F)c1Cl. The molecule has 0 saturated carbocycles. The summed E-state index contributed by atoms with van der Waals surface area (Å²) < 4.78 is 20.9. The van der Waals surface area contributed by atoms with Gasteiger partial charge in [-0.2, -0.15) is 5.10 Å². The van der Waals surface area contributed by atoms with Gasteiger partial charge >= 0.3 is 0 Å². The van der Waals surface area contributed by atoms with Crippen LogP contribution in [0.3, 0.4) is 0 Å². The fourth-order valence-corrected chi connectivity index (χ4v) is 2.09. The molecule has 0 saturated heterocycles. The zero-order chi connectivity index (χ0) is 14.9. The van der Waals surface area contributed by atoms with Gasteiger partial charge in [0.2, 0.25) is 0 Å². The monoisotopic (exact) mass is 298 g/mol. The first-order chi connectivity index (χ1) is 9.40. The molecule has 1 aromatic carbocycles. The number of aryl methyl sites for hydroxylation is 2. The lowest BCUT2D eigenvalue weighted by Crippen LogP contribution is -2.05. The molecule has 0 amide bonds. The number of benzene rings is 1. The number of nitrogens with zero attached hydrogens (tertiary/aromatic N) is 2. The Kier molecular flexibility index (Phi) is 4.30. The van der Waals surface area contributed by atoms with Crippen LogP contribution in [0.1, 0.15) is 30.0 Å². The van der Waals surface area contributed by atoms with E-state index in [1.165, 1.54) is 12.1 Å². The van der Waals surface area contributed by atoms with Gasteiger partial charge in [0.25, 0.3) is 0 Å². The lowest BCUT2D eigenvalue weighted by molar-refractivity contribution is 0.198. The minimum Gasteiger partial charge on any atom is -0.484 e. The summed E-state index contributed by atoms with van der Waals surface area (Å²) in [6.45, 7) is 3.50. The van der Waals surface area contributed by atoms with Gasteiger partial charge in [0.1, 0.15) is 6.61 Å². The Bertz CT molecular complexity index is 626. The largest absolute Gasteiger partial charge is 0.484 e. The average Bonchev–Trinajstić information content (AvgIpc) is 2.62. The van der Waals surface area contributed by atoms with Crippen LogP contribution in [0.4, 0.5) is 4.39 Å². The third-order valence-electron chi connectivity index (χ3n) is 3.06. The number of halogens is 2. The molecule has 0 aliphatic heterocycles. The highest BCUT2D eigenvalue weighted by Crippen LogP contribution is 2.25. The first-order valence-electron chi connectivity index (χ1n) is 6.18. The van der Waals surface area contributed by atoms with Gasteiger partial charge in [0.05, 0.1) is 22.5 Å². The summed E-state index contributed by atoms with van der Waals surface area (Å²) in [4.78, 5) is 0. The second kappa shape index (κ2) is 5.81. The highest BCUT2D eigenvalue weighted by molar-refractivity contribution is 6.31. The van der Waals surface area contributed by atoms with E-state index in [2.05, 4.69) is 5.10 Å². The number of aliphatic hydroxyl groups is 1. The first-order valence-corrected chi connectivity index (χ1v) is 6.56. The van der Waals surface area contributed by atoms with Crippen molar-refractivity contribution in [1.82, 2.24) is 9.78 Å². The van der Waals surface area contributed by atoms with Gasteiger partial charge in [0.15, 0.2) is 11.6 Å². The van der Waals surface area contributed by atoms with E-state index >= 15 is 0 Å². The van der Waals surface area contributed by atoms with Gasteiger partial charge in [-0.05, 0) is 31.5 Å². The van der Waals surface area contributed by atoms with Crippen LogP contribution >= 0.6 is 11.6 Å². The fraction of sp³-hybridized carbons (Fsp3) is 0.357. The van der Waals surface area contributed by atoms with Crippen molar-refractivity contribution in [2.75, 3.05) is 0 Å². The van der Waals surface area contributed by atoms with Crippen molar-refractivity contribution in [3.63, 3.8) is 0 Å². The predicted octanol–water partition coefficient (Wildman–Crippen LogP) is 3.15. The highest BCUT2D eigenvalue weighted by Gasteiger charge is 2.13. The highest BCUT2D eigenvalue weighted by atomic mass is 35.5. The molecule has 20 heavy (non-hydrogen) atoms. The Balaban J connectivity index is 2.15. The Morgan fingerprint density at radius 3 is 2.70 bits per heavy atom. The second-order valence-corrected chi connectivity index (χ2v) is 5.00. The summed E-state index contributed by atoms with van der Waals surface area (Å²) >= 11 is 6.10. The molecule has 1 aromatic heterocycles. The quantitative estimate of drug-likeness (QED) is 0.943. The summed E-state index contributed by atoms with van der Waals surface area (Å²) in [5, 5.41) is 14.1. The maximum Gasteiger partial charge on any atom is 0.165 e. The van der Waals surface area contributed by atoms with E-state index < -0.39 is 11.9 Å². The molecule has 108 valence electrons. The molecule has 1 heterocycles. The maximum absolute atomic E-state index is 13.8. The summed E-state index contributed by atoms with van der Waals surface area (Å²) in [6, 6.07) is 4.38. The zero-order valence-electron chi connectivity index (χ0n) is 11.5. The summed E-state index contributed by atoms with van der Waals surface area (Å²) in [5.41, 5.74) is 1.89. The molecule has 0 bridgehead atoms. The molecular weight excluding hydrogens is 283 g/mol. The molecular formula is C14H16ClFN2O2. The standard InChI is InChI=1S/C14H16ClFN2O2/c1-8-14(15)12(18(3)17-8)7-20-13-5-4-10(9(2)19)6-11(13)16/h4-6,9,19H,7H2,1-3H3/t9-/m1/s1. The first kappa shape index (κ1) is 14.8. The smallest absolute Gasteiger partial charge is 0.165 e. The molecule has 0 unspecified atom stereocenters. The van der Waals surface area contributed by atoms with Gasteiger partial charge in [0, 0.05) is 7.05 Å². The van der Waals surface area contributed by atoms with Crippen LogP contribution < -0.4 is 4.74 Å². The Morgan fingerprint density at radius 2 is 2.20 bits per heavy atom. The van der Waals surface area contributed by atoms with E-state index in [-0.39, 0.29) is 12.4 Å². The van der Waals surface area contributed by atoms with E-state index in [1.54, 1.807) is 31.6 Å². The molecule has 0 spiro atoms. The number of hydrogen-bond acceptors (Lipinski definition) is 3. The molecule has 0 radical (unpaired) electrons. The molecule has 2 rings (SSSR count). The van der Waals surface area contributed by atoms with Gasteiger partial charge in [-0.3, -0.25) is 4.68 Å². The number of ether oxygens (including phenoxy) is 1. The lowest BCUT2D eigenvalue weighted by Gasteiger charge is -2.10.